The van der Waals surface area contributed by atoms with Crippen LogP contribution in [0.15, 0.2) is 0 Å². The van der Waals surface area contributed by atoms with Crippen molar-refractivity contribution in [2.45, 2.75) is 77.0 Å². The van der Waals surface area contributed by atoms with E-state index < -0.39 is 0 Å². The van der Waals surface area contributed by atoms with Crippen molar-refractivity contribution in [2.75, 3.05) is 0 Å². The van der Waals surface area contributed by atoms with E-state index in [4.69, 9.17) is 0 Å². The average Bonchev–Trinajstić information content (AvgIpc) is 3.00. The van der Waals surface area contributed by atoms with Gasteiger partial charge in [0.1, 0.15) is 0 Å². The molecule has 6 rings (SSSR count). The monoisotopic (exact) mass is 298 g/mol. The van der Waals surface area contributed by atoms with Crippen LogP contribution in [-0.4, -0.2) is 0 Å². The SMILES string of the molecule is C1CC2CCC3C4CCCC5CCC(C6CCC(C1)C2C36)C54. The molecule has 10 atom stereocenters. The largest absolute Gasteiger partial charge is 0.0528 e. The topological polar surface area (TPSA) is 0 Å². The van der Waals surface area contributed by atoms with Crippen molar-refractivity contribution < 1.29 is 0 Å². The molecule has 0 heteroatoms. The van der Waals surface area contributed by atoms with Crippen LogP contribution in [0.4, 0.5) is 0 Å². The second-order valence-corrected chi connectivity index (χ2v) is 10.3. The van der Waals surface area contributed by atoms with E-state index in [2.05, 4.69) is 0 Å². The Labute approximate surface area is 136 Å². The lowest BCUT2D eigenvalue weighted by Crippen LogP contribution is -2.57. The van der Waals surface area contributed by atoms with Crippen LogP contribution in [0.2, 0.25) is 0 Å². The summed E-state index contributed by atoms with van der Waals surface area (Å²) in [5, 5.41) is 0. The molecule has 10 unspecified atom stereocenters. The summed E-state index contributed by atoms with van der Waals surface area (Å²) in [7, 11) is 0. The molecule has 0 saturated heterocycles. The van der Waals surface area contributed by atoms with Crippen molar-refractivity contribution in [3.8, 4) is 0 Å². The van der Waals surface area contributed by atoms with Crippen LogP contribution in [0.1, 0.15) is 77.0 Å². The third-order valence-corrected chi connectivity index (χ3v) is 10.0. The minimum absolute atomic E-state index is 1.17. The lowest BCUT2D eigenvalue weighted by molar-refractivity contribution is -0.147. The van der Waals surface area contributed by atoms with Crippen molar-refractivity contribution in [1.82, 2.24) is 0 Å². The van der Waals surface area contributed by atoms with Crippen molar-refractivity contribution in [2.24, 2.45) is 59.2 Å². The van der Waals surface area contributed by atoms with Gasteiger partial charge in [-0.05, 0) is 104 Å². The lowest BCUT2D eigenvalue weighted by Gasteiger charge is -2.63. The molecular weight excluding hydrogens is 264 g/mol. The summed E-state index contributed by atoms with van der Waals surface area (Å²) in [6, 6.07) is 0. The molecular formula is C22H34. The average molecular weight is 299 g/mol. The molecule has 6 aliphatic rings. The Morgan fingerprint density at radius 3 is 1.41 bits per heavy atom. The molecule has 0 spiro atoms. The maximum Gasteiger partial charge on any atom is -0.0318 e. The Hall–Kier alpha value is 0. The molecule has 6 saturated carbocycles. The highest BCUT2D eigenvalue weighted by Gasteiger charge is 2.61. The Kier molecular flexibility index (Phi) is 2.88. The quantitative estimate of drug-likeness (QED) is 0.521. The molecule has 22 heavy (non-hydrogen) atoms. The fourth-order valence-corrected chi connectivity index (χ4v) is 9.75. The third kappa shape index (κ3) is 1.61. The van der Waals surface area contributed by atoms with Crippen LogP contribution in [-0.2, 0) is 0 Å². The predicted molar refractivity (Wildman–Crippen MR) is 90.3 cm³/mol. The van der Waals surface area contributed by atoms with Gasteiger partial charge in [0.15, 0.2) is 0 Å². The van der Waals surface area contributed by atoms with Gasteiger partial charge in [-0.1, -0.05) is 32.1 Å². The maximum atomic E-state index is 1.65. The van der Waals surface area contributed by atoms with E-state index in [9.17, 15) is 0 Å². The van der Waals surface area contributed by atoms with E-state index in [0.29, 0.717) is 0 Å². The molecule has 122 valence electrons. The molecule has 0 heterocycles. The summed E-state index contributed by atoms with van der Waals surface area (Å²) in [5.74, 6) is 11.9. The highest BCUT2D eigenvalue weighted by Crippen LogP contribution is 2.68. The number of hydrogen-bond acceptors (Lipinski definition) is 0. The first-order valence-electron chi connectivity index (χ1n) is 10.9. The summed E-state index contributed by atoms with van der Waals surface area (Å²) in [6.45, 7) is 0. The fraction of sp³-hybridized carbons (Fsp3) is 1.00. The van der Waals surface area contributed by atoms with Gasteiger partial charge in [0.05, 0.1) is 0 Å². The van der Waals surface area contributed by atoms with Gasteiger partial charge in [-0.2, -0.15) is 0 Å². The van der Waals surface area contributed by atoms with E-state index >= 15 is 0 Å². The van der Waals surface area contributed by atoms with Gasteiger partial charge >= 0.3 is 0 Å². The molecule has 0 bridgehead atoms. The Balaban J connectivity index is 1.42. The standard InChI is InChI=1S/C22H34/c1-3-13-7-11-18-16-6-2-5-15-9-10-17(21(15)16)19-12-8-14(4-1)20(13)22(18)19/h13-22H,1-12H2. The summed E-state index contributed by atoms with van der Waals surface area (Å²) in [6.07, 6.45) is 19.4. The Bertz CT molecular complexity index is 447. The number of fused-ring (bicyclic) bond motifs is 2. The Morgan fingerprint density at radius 2 is 0.773 bits per heavy atom. The highest BCUT2D eigenvalue weighted by molar-refractivity contribution is 5.10. The second kappa shape index (κ2) is 4.76. The lowest BCUT2D eigenvalue weighted by atomic mass is 9.42. The Morgan fingerprint density at radius 1 is 0.318 bits per heavy atom. The predicted octanol–water partition coefficient (Wildman–Crippen LogP) is 5.91. The van der Waals surface area contributed by atoms with Crippen LogP contribution in [0.25, 0.3) is 0 Å². The fourth-order valence-electron chi connectivity index (χ4n) is 9.75. The molecule has 0 radical (unpaired) electrons. The summed E-state index contributed by atoms with van der Waals surface area (Å²) >= 11 is 0. The molecule has 0 N–H and O–H groups in total. The molecule has 0 aromatic rings. The van der Waals surface area contributed by atoms with Crippen LogP contribution < -0.4 is 0 Å². The maximum absolute atomic E-state index is 1.65. The van der Waals surface area contributed by atoms with Crippen LogP contribution >= 0.6 is 0 Å². The number of hydrogen-bond donors (Lipinski definition) is 0. The first kappa shape index (κ1) is 13.3. The van der Waals surface area contributed by atoms with Gasteiger partial charge in [-0.3, -0.25) is 0 Å². The third-order valence-electron chi connectivity index (χ3n) is 10.0. The molecule has 6 aliphatic carbocycles. The van der Waals surface area contributed by atoms with Crippen LogP contribution in [0, 0.1) is 59.2 Å². The molecule has 0 amide bonds. The van der Waals surface area contributed by atoms with Crippen molar-refractivity contribution in [3.05, 3.63) is 0 Å². The van der Waals surface area contributed by atoms with Gasteiger partial charge in [0, 0.05) is 0 Å². The normalized spacial score (nSPS) is 62.2. The minimum atomic E-state index is 1.17. The van der Waals surface area contributed by atoms with Gasteiger partial charge in [-0.25, -0.2) is 0 Å². The van der Waals surface area contributed by atoms with Gasteiger partial charge in [-0.15, -0.1) is 0 Å². The van der Waals surface area contributed by atoms with E-state index in [-0.39, 0.29) is 0 Å². The molecule has 0 aliphatic heterocycles. The van der Waals surface area contributed by atoms with Gasteiger partial charge < -0.3 is 0 Å². The van der Waals surface area contributed by atoms with Gasteiger partial charge in [0.2, 0.25) is 0 Å². The first-order valence-corrected chi connectivity index (χ1v) is 10.9. The summed E-state index contributed by atoms with van der Waals surface area (Å²) < 4.78 is 0. The minimum Gasteiger partial charge on any atom is -0.0528 e. The zero-order valence-corrected chi connectivity index (χ0v) is 14.3. The van der Waals surface area contributed by atoms with E-state index in [0.717, 1.165) is 0 Å². The molecule has 0 aromatic heterocycles. The van der Waals surface area contributed by atoms with Crippen LogP contribution in [0.3, 0.4) is 0 Å². The van der Waals surface area contributed by atoms with Crippen molar-refractivity contribution in [3.63, 3.8) is 0 Å². The first-order chi connectivity index (χ1) is 10.9. The van der Waals surface area contributed by atoms with E-state index in [1.807, 2.05) is 0 Å². The van der Waals surface area contributed by atoms with Crippen LogP contribution in [0.5, 0.6) is 0 Å². The zero-order valence-electron chi connectivity index (χ0n) is 14.3. The van der Waals surface area contributed by atoms with E-state index in [1.165, 1.54) is 59.2 Å². The molecule has 0 aromatic carbocycles. The molecule has 6 fully saturated rings. The van der Waals surface area contributed by atoms with Crippen molar-refractivity contribution in [1.29, 1.82) is 0 Å². The second-order valence-electron chi connectivity index (χ2n) is 10.3. The smallest absolute Gasteiger partial charge is 0.0318 e. The number of rotatable bonds is 0. The van der Waals surface area contributed by atoms with Gasteiger partial charge in [0.25, 0.3) is 0 Å². The summed E-state index contributed by atoms with van der Waals surface area (Å²) in [4.78, 5) is 0. The zero-order chi connectivity index (χ0) is 14.3. The van der Waals surface area contributed by atoms with Crippen molar-refractivity contribution >= 4 is 0 Å². The van der Waals surface area contributed by atoms with E-state index in [1.54, 1.807) is 77.0 Å². The summed E-state index contributed by atoms with van der Waals surface area (Å²) in [5.41, 5.74) is 0. The molecule has 0 nitrogen and oxygen atoms in total. The highest BCUT2D eigenvalue weighted by atomic mass is 14.7.